The Kier molecular flexibility index (Phi) is 5.26. The summed E-state index contributed by atoms with van der Waals surface area (Å²) in [5.41, 5.74) is 5.36. The molecule has 2 atom stereocenters. The van der Waals surface area contributed by atoms with E-state index in [0.29, 0.717) is 40.9 Å². The van der Waals surface area contributed by atoms with E-state index in [1.807, 2.05) is 27.3 Å². The summed E-state index contributed by atoms with van der Waals surface area (Å²) in [6.45, 7) is 0.568. The van der Waals surface area contributed by atoms with Crippen LogP contribution in [0, 0.1) is 5.92 Å². The molecule has 7 rings (SSSR count). The highest BCUT2D eigenvalue weighted by atomic mass is 35.5. The summed E-state index contributed by atoms with van der Waals surface area (Å²) in [5, 5.41) is 17.6. The first-order chi connectivity index (χ1) is 18.4. The first-order valence-electron chi connectivity index (χ1n) is 12.6. The molecule has 0 bridgehead atoms. The number of aliphatic carboxylic acids is 1. The fraction of sp³-hybridized carbons (Fsp3) is 0.296. The van der Waals surface area contributed by atoms with E-state index in [9.17, 15) is 14.7 Å². The zero-order valence-corrected chi connectivity index (χ0v) is 21.0. The smallest absolute Gasteiger partial charge is 0.307 e. The number of halogens is 1. The summed E-state index contributed by atoms with van der Waals surface area (Å²) in [7, 11) is 0. The Morgan fingerprint density at radius 1 is 1.13 bits per heavy atom. The van der Waals surface area contributed by atoms with E-state index >= 15 is 0 Å². The predicted octanol–water partition coefficient (Wildman–Crippen LogP) is 3.88. The van der Waals surface area contributed by atoms with Crippen molar-refractivity contribution in [1.82, 2.24) is 33.9 Å². The number of rotatable bonds is 8. The van der Waals surface area contributed by atoms with Crippen LogP contribution >= 0.6 is 11.6 Å². The van der Waals surface area contributed by atoms with Crippen LogP contribution in [0.2, 0.25) is 5.02 Å². The number of aromatic nitrogens is 6. The van der Waals surface area contributed by atoms with Crippen LogP contribution in [0.25, 0.3) is 11.2 Å². The second-order valence-electron chi connectivity index (χ2n) is 10.2. The molecule has 1 amide bonds. The molecule has 2 N–H and O–H groups in total. The SMILES string of the molecule is O=C(NCc1ncn2ccc(Cl)cc12)c1cn(Cc2cn3cc(C4CC4)ccc3n2)nc1C1CC1C(=O)O. The molecule has 2 fully saturated rings. The lowest BCUT2D eigenvalue weighted by Gasteiger charge is -2.04. The number of carboxylic acid groups (broad SMARTS) is 1. The van der Waals surface area contributed by atoms with Gasteiger partial charge in [0.15, 0.2) is 0 Å². The van der Waals surface area contributed by atoms with Crippen LogP contribution in [-0.4, -0.2) is 45.5 Å². The third-order valence-corrected chi connectivity index (χ3v) is 7.62. The van der Waals surface area contributed by atoms with E-state index in [1.165, 1.54) is 18.4 Å². The summed E-state index contributed by atoms with van der Waals surface area (Å²) in [5.74, 6) is -1.36. The van der Waals surface area contributed by atoms with Gasteiger partial charge in [0.05, 0.1) is 53.5 Å². The fourth-order valence-corrected chi connectivity index (χ4v) is 5.27. The Labute approximate surface area is 221 Å². The maximum absolute atomic E-state index is 13.3. The number of pyridine rings is 2. The summed E-state index contributed by atoms with van der Waals surface area (Å²) in [6, 6.07) is 7.72. The number of amides is 1. The summed E-state index contributed by atoms with van der Waals surface area (Å²) in [6.07, 6.45) is 12.2. The van der Waals surface area contributed by atoms with Crippen LogP contribution < -0.4 is 5.32 Å². The van der Waals surface area contributed by atoms with E-state index in [-0.39, 0.29) is 18.4 Å². The van der Waals surface area contributed by atoms with Crippen molar-refractivity contribution in [2.75, 3.05) is 0 Å². The van der Waals surface area contributed by atoms with Crippen molar-refractivity contribution in [3.63, 3.8) is 0 Å². The maximum atomic E-state index is 13.3. The minimum Gasteiger partial charge on any atom is -0.481 e. The lowest BCUT2D eigenvalue weighted by Crippen LogP contribution is -2.24. The van der Waals surface area contributed by atoms with Crippen molar-refractivity contribution in [1.29, 1.82) is 0 Å². The molecule has 5 aromatic rings. The Morgan fingerprint density at radius 3 is 2.79 bits per heavy atom. The molecular formula is C27H24ClN7O3. The standard InChI is InChI=1S/C27H24ClN7O3/c28-17-5-6-33-14-30-22(23(33)7-17)9-29-26(36)21-13-35(32-25(21)19-8-20(19)27(37)38)12-18-11-34-10-16(15-1-2-15)3-4-24(34)31-18/h3-7,10-11,13-15,19-20H,1-2,8-9,12H2,(H,29,36)(H,37,38). The number of hydrogen-bond donors (Lipinski definition) is 2. The molecule has 0 saturated heterocycles. The molecule has 2 unspecified atom stereocenters. The lowest BCUT2D eigenvalue weighted by atomic mass is 10.1. The van der Waals surface area contributed by atoms with Crippen molar-refractivity contribution >= 4 is 34.6 Å². The fourth-order valence-electron chi connectivity index (χ4n) is 5.11. The summed E-state index contributed by atoms with van der Waals surface area (Å²) >= 11 is 6.13. The Hall–Kier alpha value is -4.18. The second kappa shape index (κ2) is 8.70. The van der Waals surface area contributed by atoms with E-state index < -0.39 is 11.9 Å². The number of carboxylic acids is 1. The van der Waals surface area contributed by atoms with Crippen LogP contribution in [0.5, 0.6) is 0 Å². The molecule has 2 aliphatic carbocycles. The van der Waals surface area contributed by atoms with Gasteiger partial charge in [-0.2, -0.15) is 5.10 Å². The van der Waals surface area contributed by atoms with Crippen molar-refractivity contribution in [3.05, 3.63) is 88.6 Å². The second-order valence-corrected chi connectivity index (χ2v) is 10.6. The van der Waals surface area contributed by atoms with Gasteiger partial charge in [-0.15, -0.1) is 0 Å². The average Bonchev–Trinajstić information content (AvgIpc) is 3.79. The van der Waals surface area contributed by atoms with Crippen LogP contribution in [0.4, 0.5) is 0 Å². The van der Waals surface area contributed by atoms with E-state index in [0.717, 1.165) is 16.9 Å². The molecule has 5 aromatic heterocycles. The molecule has 0 radical (unpaired) electrons. The Morgan fingerprint density at radius 2 is 2.00 bits per heavy atom. The van der Waals surface area contributed by atoms with Gasteiger partial charge >= 0.3 is 5.97 Å². The van der Waals surface area contributed by atoms with Gasteiger partial charge in [0.25, 0.3) is 5.91 Å². The van der Waals surface area contributed by atoms with Gasteiger partial charge in [0, 0.05) is 35.7 Å². The number of hydrogen-bond acceptors (Lipinski definition) is 5. The Bertz CT molecular complexity index is 1730. The zero-order valence-electron chi connectivity index (χ0n) is 20.3. The highest BCUT2D eigenvalue weighted by molar-refractivity contribution is 6.30. The number of nitrogens with one attached hydrogen (secondary N) is 1. The van der Waals surface area contributed by atoms with Crippen molar-refractivity contribution in [2.45, 2.75) is 44.2 Å². The van der Waals surface area contributed by atoms with Gasteiger partial charge in [0.2, 0.25) is 0 Å². The topological polar surface area (TPSA) is 119 Å². The summed E-state index contributed by atoms with van der Waals surface area (Å²) < 4.78 is 5.54. The molecular weight excluding hydrogens is 506 g/mol. The van der Waals surface area contributed by atoms with Gasteiger partial charge in [0.1, 0.15) is 5.65 Å². The molecule has 38 heavy (non-hydrogen) atoms. The highest BCUT2D eigenvalue weighted by Crippen LogP contribution is 2.48. The van der Waals surface area contributed by atoms with Gasteiger partial charge in [-0.25, -0.2) is 9.97 Å². The van der Waals surface area contributed by atoms with Crippen molar-refractivity contribution in [3.8, 4) is 0 Å². The monoisotopic (exact) mass is 529 g/mol. The first kappa shape index (κ1) is 23.0. The minimum atomic E-state index is -0.871. The van der Waals surface area contributed by atoms with Crippen LogP contribution in [-0.2, 0) is 17.9 Å². The third kappa shape index (κ3) is 4.20. The van der Waals surface area contributed by atoms with Gasteiger partial charge in [-0.05, 0) is 48.9 Å². The summed E-state index contributed by atoms with van der Waals surface area (Å²) in [4.78, 5) is 34.0. The number of carbonyl (C=O) groups excluding carboxylic acids is 1. The first-order valence-corrected chi connectivity index (χ1v) is 13.0. The van der Waals surface area contributed by atoms with Crippen LogP contribution in [0.3, 0.4) is 0 Å². The molecule has 10 nitrogen and oxygen atoms in total. The van der Waals surface area contributed by atoms with Crippen molar-refractivity contribution in [2.24, 2.45) is 5.92 Å². The van der Waals surface area contributed by atoms with Gasteiger partial charge in [-0.1, -0.05) is 17.7 Å². The molecule has 0 aliphatic heterocycles. The van der Waals surface area contributed by atoms with E-state index in [4.69, 9.17) is 16.6 Å². The highest BCUT2D eigenvalue weighted by Gasteiger charge is 2.47. The molecule has 2 aliphatic rings. The molecule has 192 valence electrons. The number of fused-ring (bicyclic) bond motifs is 2. The van der Waals surface area contributed by atoms with Gasteiger partial charge < -0.3 is 19.2 Å². The zero-order chi connectivity index (χ0) is 26.0. The molecule has 0 spiro atoms. The average molecular weight is 530 g/mol. The normalized spacial score (nSPS) is 18.8. The molecule has 0 aromatic carbocycles. The molecule has 5 heterocycles. The lowest BCUT2D eigenvalue weighted by molar-refractivity contribution is -0.138. The largest absolute Gasteiger partial charge is 0.481 e. The number of carbonyl (C=O) groups is 2. The quantitative estimate of drug-likeness (QED) is 0.315. The molecule has 2 saturated carbocycles. The third-order valence-electron chi connectivity index (χ3n) is 7.39. The maximum Gasteiger partial charge on any atom is 0.307 e. The van der Waals surface area contributed by atoms with Crippen LogP contribution in [0.1, 0.15) is 64.1 Å². The number of nitrogens with zero attached hydrogens (tertiary/aromatic N) is 6. The number of imidazole rings is 2. The Balaban J connectivity index is 1.14. The van der Waals surface area contributed by atoms with E-state index in [1.54, 1.807) is 29.3 Å². The van der Waals surface area contributed by atoms with Crippen molar-refractivity contribution < 1.29 is 14.7 Å². The van der Waals surface area contributed by atoms with Gasteiger partial charge in [-0.3, -0.25) is 14.3 Å². The molecule has 11 heteroatoms. The van der Waals surface area contributed by atoms with E-state index in [2.05, 4.69) is 27.7 Å². The minimum absolute atomic E-state index is 0.198. The predicted molar refractivity (Wildman–Crippen MR) is 138 cm³/mol. The van der Waals surface area contributed by atoms with Crippen LogP contribution in [0.15, 0.2) is 55.4 Å².